The molecule has 0 atom stereocenters. The van der Waals surface area contributed by atoms with Crippen molar-refractivity contribution in [1.82, 2.24) is 0 Å². The van der Waals surface area contributed by atoms with Crippen molar-refractivity contribution in [3.05, 3.63) is 108 Å². The molecule has 0 saturated carbocycles. The summed E-state index contributed by atoms with van der Waals surface area (Å²) < 4.78 is 26.6. The van der Waals surface area contributed by atoms with E-state index in [1.165, 1.54) is 36.4 Å². The Balaban J connectivity index is 0.000000202. The number of benzene rings is 4. The second-order valence-corrected chi connectivity index (χ2v) is 7.17. The highest BCUT2D eigenvalue weighted by molar-refractivity contribution is 5.97. The van der Waals surface area contributed by atoms with Crippen LogP contribution < -0.4 is 11.5 Å². The lowest BCUT2D eigenvalue weighted by atomic mass is 9.99. The van der Waals surface area contributed by atoms with Crippen LogP contribution >= 0.6 is 0 Å². The zero-order valence-corrected chi connectivity index (χ0v) is 17.7. The summed E-state index contributed by atoms with van der Waals surface area (Å²) in [5, 5.41) is 18.1. The molecule has 0 fully saturated rings. The van der Waals surface area contributed by atoms with Gasteiger partial charge in [-0.15, -0.1) is 0 Å². The Morgan fingerprint density at radius 1 is 0.588 bits per heavy atom. The van der Waals surface area contributed by atoms with Crippen LogP contribution in [0.5, 0.6) is 0 Å². The number of hydrogen-bond donors (Lipinski definition) is 4. The van der Waals surface area contributed by atoms with Crippen LogP contribution in [0.1, 0.15) is 20.7 Å². The van der Waals surface area contributed by atoms with Crippen LogP contribution in [0.2, 0.25) is 0 Å². The average molecular weight is 462 g/mol. The fraction of sp³-hybridized carbons (Fsp3) is 0. The summed E-state index contributed by atoms with van der Waals surface area (Å²) >= 11 is 0. The Morgan fingerprint density at radius 3 is 1.26 bits per heavy atom. The smallest absolute Gasteiger partial charge is 0.337 e. The van der Waals surface area contributed by atoms with E-state index in [0.29, 0.717) is 22.3 Å². The number of carboxylic acids is 2. The molecule has 0 aliphatic rings. The third kappa shape index (κ3) is 5.36. The van der Waals surface area contributed by atoms with Gasteiger partial charge in [-0.3, -0.25) is 0 Å². The van der Waals surface area contributed by atoms with Crippen LogP contribution in [0.4, 0.5) is 20.2 Å². The second-order valence-electron chi connectivity index (χ2n) is 7.17. The number of rotatable bonds is 4. The number of carboxylic acid groups (broad SMARTS) is 2. The van der Waals surface area contributed by atoms with Gasteiger partial charge >= 0.3 is 11.9 Å². The molecule has 4 aromatic carbocycles. The molecule has 0 aromatic heterocycles. The maximum absolute atomic E-state index is 13.3. The number of halogens is 2. The van der Waals surface area contributed by atoms with E-state index in [0.717, 1.165) is 0 Å². The van der Waals surface area contributed by atoms with E-state index in [-0.39, 0.29) is 22.5 Å². The largest absolute Gasteiger partial charge is 0.478 e. The lowest BCUT2D eigenvalue weighted by Crippen LogP contribution is -2.04. The molecule has 0 bridgehead atoms. The summed E-state index contributed by atoms with van der Waals surface area (Å²) in [7, 11) is 0. The molecular formula is C26H20F2N2O4. The zero-order chi connectivity index (χ0) is 24.8. The van der Waals surface area contributed by atoms with E-state index in [1.807, 2.05) is 0 Å². The summed E-state index contributed by atoms with van der Waals surface area (Å²) in [4.78, 5) is 22.1. The van der Waals surface area contributed by atoms with Crippen molar-refractivity contribution in [1.29, 1.82) is 0 Å². The maximum Gasteiger partial charge on any atom is 0.337 e. The summed E-state index contributed by atoms with van der Waals surface area (Å²) in [5.41, 5.74) is 13.1. The molecular weight excluding hydrogens is 442 g/mol. The highest BCUT2D eigenvalue weighted by Gasteiger charge is 2.13. The van der Waals surface area contributed by atoms with Crippen molar-refractivity contribution in [2.45, 2.75) is 0 Å². The SMILES string of the molecule is Fc1ccccc1-c1ccccc1F.Nc1ccc(-c2ccc(N)c(C(=O)O)c2)cc1C(=O)O. The van der Waals surface area contributed by atoms with Crippen molar-refractivity contribution < 1.29 is 28.6 Å². The van der Waals surface area contributed by atoms with Gasteiger partial charge in [0.15, 0.2) is 0 Å². The molecule has 4 aromatic rings. The summed E-state index contributed by atoms with van der Waals surface area (Å²) in [6, 6.07) is 21.3. The molecule has 34 heavy (non-hydrogen) atoms. The standard InChI is InChI=1S/C14H12N2O4.C12H8F2/c15-11-3-1-7(5-9(11)13(17)18)8-2-4-12(16)10(6-8)14(19)20;13-11-7-3-1-5-9(11)10-6-2-4-8-12(10)14/h1-6H,15-16H2,(H,17,18)(H,19,20);1-8H. The fourth-order valence-corrected chi connectivity index (χ4v) is 3.20. The van der Waals surface area contributed by atoms with Gasteiger partial charge < -0.3 is 21.7 Å². The van der Waals surface area contributed by atoms with Crippen LogP contribution in [0, 0.1) is 11.6 Å². The third-order valence-electron chi connectivity index (χ3n) is 4.94. The molecule has 0 unspecified atom stereocenters. The molecule has 6 N–H and O–H groups in total. The van der Waals surface area contributed by atoms with E-state index in [4.69, 9.17) is 21.7 Å². The zero-order valence-electron chi connectivity index (χ0n) is 17.7. The molecule has 8 heteroatoms. The van der Waals surface area contributed by atoms with Gasteiger partial charge in [0.2, 0.25) is 0 Å². The fourth-order valence-electron chi connectivity index (χ4n) is 3.20. The van der Waals surface area contributed by atoms with Gasteiger partial charge in [0, 0.05) is 22.5 Å². The second kappa shape index (κ2) is 10.3. The predicted octanol–water partition coefficient (Wildman–Crippen LogP) is 5.55. The molecule has 0 spiro atoms. The highest BCUT2D eigenvalue weighted by Crippen LogP contribution is 2.27. The van der Waals surface area contributed by atoms with E-state index >= 15 is 0 Å². The van der Waals surface area contributed by atoms with Crippen molar-refractivity contribution >= 4 is 23.3 Å². The van der Waals surface area contributed by atoms with Crippen LogP contribution in [0.15, 0.2) is 84.9 Å². The number of hydrogen-bond acceptors (Lipinski definition) is 4. The lowest BCUT2D eigenvalue weighted by Gasteiger charge is -2.08. The average Bonchev–Trinajstić information content (AvgIpc) is 2.81. The van der Waals surface area contributed by atoms with Crippen molar-refractivity contribution in [3.8, 4) is 22.3 Å². The first-order valence-electron chi connectivity index (χ1n) is 9.94. The van der Waals surface area contributed by atoms with Crippen LogP contribution in [0.3, 0.4) is 0 Å². The third-order valence-corrected chi connectivity index (χ3v) is 4.94. The van der Waals surface area contributed by atoms with E-state index in [2.05, 4.69) is 0 Å². The number of carbonyl (C=O) groups is 2. The lowest BCUT2D eigenvalue weighted by molar-refractivity contribution is 0.0687. The molecule has 4 rings (SSSR count). The van der Waals surface area contributed by atoms with Crippen LogP contribution in [-0.2, 0) is 0 Å². The Hall–Kier alpha value is -4.72. The molecule has 0 aliphatic carbocycles. The van der Waals surface area contributed by atoms with Crippen LogP contribution in [-0.4, -0.2) is 22.2 Å². The van der Waals surface area contributed by atoms with Crippen molar-refractivity contribution in [2.24, 2.45) is 0 Å². The topological polar surface area (TPSA) is 127 Å². The molecule has 0 radical (unpaired) electrons. The van der Waals surface area contributed by atoms with Gasteiger partial charge in [-0.1, -0.05) is 48.5 Å². The first kappa shape index (κ1) is 23.9. The first-order chi connectivity index (χ1) is 16.2. The van der Waals surface area contributed by atoms with Gasteiger partial charge in [0.25, 0.3) is 0 Å². The Labute approximate surface area is 193 Å². The Bertz CT molecular complexity index is 1270. The minimum atomic E-state index is -1.14. The molecule has 0 saturated heterocycles. The van der Waals surface area contributed by atoms with E-state index in [1.54, 1.807) is 48.5 Å². The molecule has 0 heterocycles. The number of nitrogen functional groups attached to an aromatic ring is 2. The van der Waals surface area contributed by atoms with Gasteiger partial charge in [-0.25, -0.2) is 18.4 Å². The Kier molecular flexibility index (Phi) is 7.23. The summed E-state index contributed by atoms with van der Waals surface area (Å²) in [5.74, 6) is -3.09. The molecule has 0 amide bonds. The number of aromatic carboxylic acids is 2. The minimum absolute atomic E-state index is 0.0313. The van der Waals surface area contributed by atoms with Crippen molar-refractivity contribution in [3.63, 3.8) is 0 Å². The summed E-state index contributed by atoms with van der Waals surface area (Å²) in [6.45, 7) is 0. The quantitative estimate of drug-likeness (QED) is 0.295. The molecule has 172 valence electrons. The van der Waals surface area contributed by atoms with Gasteiger partial charge in [-0.2, -0.15) is 0 Å². The number of anilines is 2. The summed E-state index contributed by atoms with van der Waals surface area (Å²) in [6.07, 6.45) is 0. The number of nitrogens with two attached hydrogens (primary N) is 2. The van der Waals surface area contributed by atoms with Crippen LogP contribution in [0.25, 0.3) is 22.3 Å². The van der Waals surface area contributed by atoms with Crippen molar-refractivity contribution in [2.75, 3.05) is 11.5 Å². The monoisotopic (exact) mass is 462 g/mol. The maximum atomic E-state index is 13.3. The Morgan fingerprint density at radius 2 is 0.941 bits per heavy atom. The minimum Gasteiger partial charge on any atom is -0.478 e. The van der Waals surface area contributed by atoms with Gasteiger partial charge in [0.05, 0.1) is 11.1 Å². The van der Waals surface area contributed by atoms with E-state index < -0.39 is 23.6 Å². The van der Waals surface area contributed by atoms with Gasteiger partial charge in [-0.05, 0) is 47.5 Å². The molecule has 6 nitrogen and oxygen atoms in total. The normalized spacial score (nSPS) is 10.2. The molecule has 0 aliphatic heterocycles. The van der Waals surface area contributed by atoms with Gasteiger partial charge in [0.1, 0.15) is 11.6 Å². The first-order valence-corrected chi connectivity index (χ1v) is 9.94. The highest BCUT2D eigenvalue weighted by atomic mass is 19.1. The van der Waals surface area contributed by atoms with E-state index in [9.17, 15) is 18.4 Å². The predicted molar refractivity (Wildman–Crippen MR) is 126 cm³/mol.